The summed E-state index contributed by atoms with van der Waals surface area (Å²) in [7, 11) is 1.21. The van der Waals surface area contributed by atoms with Gasteiger partial charge in [0.2, 0.25) is 4.90 Å². The maximum absolute atomic E-state index is 12.9. The maximum atomic E-state index is 12.9. The topological polar surface area (TPSA) is 61.8 Å². The molecule has 188 valence electrons. The second-order valence-corrected chi connectivity index (χ2v) is 10.9. The molecule has 7 heteroatoms. The molecule has 0 bridgehead atoms. The number of carbonyl (C=O) groups excluding carboxylic acids is 2. The van der Waals surface area contributed by atoms with E-state index in [1.807, 2.05) is 37.3 Å². The van der Waals surface area contributed by atoms with Crippen LogP contribution in [0.4, 0.5) is 0 Å². The lowest BCUT2D eigenvalue weighted by Gasteiger charge is -2.27. The fourth-order valence-electron chi connectivity index (χ4n) is 5.08. The summed E-state index contributed by atoms with van der Waals surface area (Å²) in [6.45, 7) is 1.64. The predicted molar refractivity (Wildman–Crippen MR) is 140 cm³/mol. The zero-order valence-electron chi connectivity index (χ0n) is 20.4. The highest BCUT2D eigenvalue weighted by Gasteiger charge is 2.36. The number of halogens is 1. The van der Waals surface area contributed by atoms with Gasteiger partial charge in [-0.25, -0.2) is 9.59 Å². The van der Waals surface area contributed by atoms with Crippen LogP contribution in [0.3, 0.4) is 0 Å². The Morgan fingerprint density at radius 3 is 2.11 bits per heavy atom. The van der Waals surface area contributed by atoms with Gasteiger partial charge in [0.25, 0.3) is 0 Å². The molecule has 0 saturated heterocycles. The summed E-state index contributed by atoms with van der Waals surface area (Å²) in [4.78, 5) is 26.3. The molecule has 1 aliphatic rings. The number of thiophene rings is 1. The number of carbonyl (C=O) groups is 2. The number of ether oxygens (including phenoxy) is 3. The third kappa shape index (κ3) is 4.95. The van der Waals surface area contributed by atoms with Gasteiger partial charge in [-0.1, -0.05) is 31.2 Å². The third-order valence-electron chi connectivity index (χ3n) is 6.93. The van der Waals surface area contributed by atoms with Crippen molar-refractivity contribution in [1.82, 2.24) is 0 Å². The number of hydrogen-bond acceptors (Lipinski definition) is 5. The van der Waals surface area contributed by atoms with Crippen LogP contribution in [0, 0.1) is 0 Å². The van der Waals surface area contributed by atoms with Gasteiger partial charge in [-0.2, -0.15) is 0 Å². The Morgan fingerprint density at radius 2 is 1.53 bits per heavy atom. The summed E-state index contributed by atoms with van der Waals surface area (Å²) in [6.07, 6.45) is 4.64. The van der Waals surface area contributed by atoms with Crippen LogP contribution >= 0.6 is 10.5 Å². The van der Waals surface area contributed by atoms with Crippen LogP contribution in [0.15, 0.2) is 66.7 Å². The van der Waals surface area contributed by atoms with Crippen molar-refractivity contribution in [2.45, 2.75) is 44.6 Å². The fourth-order valence-corrected chi connectivity index (χ4v) is 7.61. The Kier molecular flexibility index (Phi) is 8.20. The van der Waals surface area contributed by atoms with Gasteiger partial charge in [-0.15, -0.1) is 0 Å². The Labute approximate surface area is 230 Å². The van der Waals surface area contributed by atoms with E-state index in [0.717, 1.165) is 37.0 Å². The van der Waals surface area contributed by atoms with Gasteiger partial charge in [0, 0.05) is 27.3 Å². The van der Waals surface area contributed by atoms with Crippen molar-refractivity contribution in [2.75, 3.05) is 13.7 Å². The van der Waals surface area contributed by atoms with Gasteiger partial charge >= 0.3 is 11.9 Å². The van der Waals surface area contributed by atoms with E-state index in [4.69, 9.17) is 14.2 Å². The Bertz CT molecular complexity index is 1350. The second kappa shape index (κ2) is 11.2. The van der Waals surface area contributed by atoms with Crippen LogP contribution in [0.5, 0.6) is 5.75 Å². The summed E-state index contributed by atoms with van der Waals surface area (Å²) >= 11 is 0. The first kappa shape index (κ1) is 26.4. The van der Waals surface area contributed by atoms with Crippen LogP contribution in [0.25, 0.3) is 25.1 Å². The lowest BCUT2D eigenvalue weighted by atomic mass is 9.99. The largest absolute Gasteiger partial charge is 1.00 e. The van der Waals surface area contributed by atoms with Crippen molar-refractivity contribution < 1.29 is 47.8 Å². The molecule has 3 aromatic carbocycles. The minimum atomic E-state index is -0.549. The molecule has 0 radical (unpaired) electrons. The monoisotopic (exact) mass is 616 g/mol. The summed E-state index contributed by atoms with van der Waals surface area (Å²) in [5.74, 6) is -0.328. The first-order valence-corrected chi connectivity index (χ1v) is 13.3. The first-order chi connectivity index (χ1) is 17.0. The molecule has 5 nitrogen and oxygen atoms in total. The summed E-state index contributed by atoms with van der Waals surface area (Å²) in [5, 5.41) is 2.39. The molecule has 0 spiro atoms. The van der Waals surface area contributed by atoms with Gasteiger partial charge in [-0.05, 0) is 68.5 Å². The van der Waals surface area contributed by atoms with Crippen LogP contribution in [0.1, 0.15) is 49.4 Å². The van der Waals surface area contributed by atoms with Crippen LogP contribution in [-0.4, -0.2) is 31.3 Å². The summed E-state index contributed by atoms with van der Waals surface area (Å²) in [5.41, 5.74) is -0.0183. The molecule has 0 N–H and O–H groups in total. The van der Waals surface area contributed by atoms with Crippen molar-refractivity contribution in [3.8, 4) is 10.6 Å². The molecule has 1 aliphatic carbocycles. The van der Waals surface area contributed by atoms with E-state index in [-0.39, 0.29) is 30.6 Å². The van der Waals surface area contributed by atoms with Crippen LogP contribution in [0.2, 0.25) is 0 Å². The molecule has 1 heterocycles. The van der Waals surface area contributed by atoms with E-state index >= 15 is 0 Å². The lowest BCUT2D eigenvalue weighted by Crippen LogP contribution is -3.00. The van der Waals surface area contributed by atoms with Crippen molar-refractivity contribution in [2.24, 2.45) is 0 Å². The second-order valence-electron chi connectivity index (χ2n) is 8.96. The van der Waals surface area contributed by atoms with E-state index in [1.54, 1.807) is 19.2 Å². The number of hydrogen-bond donors (Lipinski definition) is 0. The molecular weight excluding hydrogens is 587 g/mol. The Morgan fingerprint density at radius 1 is 0.917 bits per heavy atom. The Hall–Kier alpha value is -2.65. The highest BCUT2D eigenvalue weighted by Crippen LogP contribution is 2.51. The smallest absolute Gasteiger partial charge is 0.344 e. The third-order valence-corrected chi connectivity index (χ3v) is 9.28. The minimum absolute atomic E-state index is 0. The SMILES string of the molecule is CCC1(OC(=O)COC(=O)c2ccc(OC)c(-[s+]3c4ccccc4c4ccccc43)c2)CCCC1.[I-]. The predicted octanol–water partition coefficient (Wildman–Crippen LogP) is 4.17. The standard InChI is InChI=1S/C29H29O5S.HI/c1-3-29(16-8-9-17-29)34-27(30)19-33-28(31)20-14-15-23(32-2)26(18-20)35-24-12-6-4-10-21(24)22-11-5-7-13-25(22)35;/h4-7,10-15,18H,3,8-9,16-17,19H2,1-2H3;1H/q+1;/p-1. The molecule has 5 rings (SSSR count). The first-order valence-electron chi connectivity index (χ1n) is 12.0. The van der Waals surface area contributed by atoms with Crippen LogP contribution < -0.4 is 28.7 Å². The lowest BCUT2D eigenvalue weighted by molar-refractivity contribution is -0.163. The van der Waals surface area contributed by atoms with Crippen LogP contribution in [-0.2, 0) is 14.3 Å². The highest BCUT2D eigenvalue weighted by molar-refractivity contribution is 7.50. The number of methoxy groups -OCH3 is 1. The van der Waals surface area contributed by atoms with Gasteiger partial charge in [0.05, 0.1) is 12.7 Å². The molecule has 0 atom stereocenters. The maximum Gasteiger partial charge on any atom is 0.344 e. The quantitative estimate of drug-likeness (QED) is 0.177. The number of fused-ring (bicyclic) bond motifs is 3. The average molecular weight is 617 g/mol. The van der Waals surface area contributed by atoms with Crippen molar-refractivity contribution in [3.05, 3.63) is 72.3 Å². The molecule has 36 heavy (non-hydrogen) atoms. The minimum Gasteiger partial charge on any atom is -1.00 e. The van der Waals surface area contributed by atoms with E-state index in [1.165, 1.54) is 20.2 Å². The molecule has 4 aromatic rings. The van der Waals surface area contributed by atoms with E-state index in [9.17, 15) is 9.59 Å². The van der Waals surface area contributed by atoms with Gasteiger partial charge in [0.1, 0.15) is 5.60 Å². The van der Waals surface area contributed by atoms with E-state index in [2.05, 4.69) is 24.3 Å². The zero-order chi connectivity index (χ0) is 24.4. The summed E-state index contributed by atoms with van der Waals surface area (Å²) in [6, 6.07) is 22.0. The Balaban J connectivity index is 0.00000304. The number of rotatable bonds is 7. The van der Waals surface area contributed by atoms with Gasteiger partial charge in [0.15, 0.2) is 21.8 Å². The van der Waals surface area contributed by atoms with Gasteiger partial charge in [-0.3, -0.25) is 0 Å². The highest BCUT2D eigenvalue weighted by atomic mass is 127. The van der Waals surface area contributed by atoms with Crippen molar-refractivity contribution in [1.29, 1.82) is 0 Å². The summed E-state index contributed by atoms with van der Waals surface area (Å²) < 4.78 is 19.2. The van der Waals surface area contributed by atoms with E-state index < -0.39 is 28.0 Å². The number of esters is 2. The van der Waals surface area contributed by atoms with E-state index in [0.29, 0.717) is 11.3 Å². The number of benzene rings is 3. The normalized spacial score (nSPS) is 14.4. The molecule has 1 fully saturated rings. The molecule has 0 amide bonds. The molecule has 0 unspecified atom stereocenters. The molecule has 1 saturated carbocycles. The van der Waals surface area contributed by atoms with Crippen molar-refractivity contribution in [3.63, 3.8) is 0 Å². The average Bonchev–Trinajstić information content (AvgIpc) is 3.50. The fraction of sp³-hybridized carbons (Fsp3) is 0.310. The van der Waals surface area contributed by atoms with Crippen molar-refractivity contribution >= 4 is 42.6 Å². The molecule has 1 aromatic heterocycles. The zero-order valence-corrected chi connectivity index (χ0v) is 23.4. The molecule has 0 aliphatic heterocycles. The molecular formula is C29H29IO5S. The van der Waals surface area contributed by atoms with Gasteiger partial charge < -0.3 is 38.2 Å².